The fourth-order valence-corrected chi connectivity index (χ4v) is 4.05. The van der Waals surface area contributed by atoms with Crippen LogP contribution in [0.1, 0.15) is 11.1 Å². The van der Waals surface area contributed by atoms with Gasteiger partial charge in [0.15, 0.2) is 0 Å². The summed E-state index contributed by atoms with van der Waals surface area (Å²) in [6.45, 7) is 0.537. The van der Waals surface area contributed by atoms with Crippen LogP contribution >= 0.6 is 47.8 Å². The van der Waals surface area contributed by atoms with E-state index in [1.807, 2.05) is 36.4 Å². The molecule has 0 aliphatic heterocycles. The first-order valence-corrected chi connectivity index (χ1v) is 7.94. The normalized spacial score (nSPS) is 10.5. The summed E-state index contributed by atoms with van der Waals surface area (Å²) >= 11 is 10.4. The highest BCUT2D eigenvalue weighted by Gasteiger charge is 2.08. The van der Waals surface area contributed by atoms with Crippen molar-refractivity contribution in [2.75, 3.05) is 0 Å². The molecule has 0 saturated heterocycles. The molecule has 100 valence electrons. The second-order valence-electron chi connectivity index (χ2n) is 3.96. The van der Waals surface area contributed by atoms with Crippen LogP contribution in [0.15, 0.2) is 49.8 Å². The molecule has 0 spiro atoms. The fourth-order valence-electron chi connectivity index (χ4n) is 1.56. The summed E-state index contributed by atoms with van der Waals surface area (Å²) in [6, 6.07) is 11.6. The third kappa shape index (κ3) is 4.05. The van der Waals surface area contributed by atoms with Crippen molar-refractivity contribution in [3.8, 4) is 5.75 Å². The van der Waals surface area contributed by atoms with Gasteiger partial charge in [-0.1, -0.05) is 40.2 Å². The van der Waals surface area contributed by atoms with Crippen LogP contribution in [0.25, 0.3) is 0 Å². The molecule has 0 fully saturated rings. The molecule has 2 aromatic rings. The maximum Gasteiger partial charge on any atom is 0.148 e. The highest BCUT2D eigenvalue weighted by molar-refractivity contribution is 9.11. The number of benzene rings is 2. The summed E-state index contributed by atoms with van der Waals surface area (Å²) in [5.41, 5.74) is 1.95. The van der Waals surface area contributed by atoms with Gasteiger partial charge in [0.05, 0.1) is 15.6 Å². The summed E-state index contributed by atoms with van der Waals surface area (Å²) < 4.78 is 8.56. The molecule has 1 N–H and O–H groups in total. The standard InChI is InChI=1S/C14H11Br3O2/c15-11-5-12(16)14(13(17)6-11)19-8-10-3-1-9(7-18)2-4-10/h1-6,18H,7-8H2. The van der Waals surface area contributed by atoms with E-state index in [4.69, 9.17) is 9.84 Å². The van der Waals surface area contributed by atoms with Crippen molar-refractivity contribution in [2.45, 2.75) is 13.2 Å². The number of hydrogen-bond donors (Lipinski definition) is 1. The van der Waals surface area contributed by atoms with Crippen LogP contribution in [0.4, 0.5) is 0 Å². The van der Waals surface area contributed by atoms with Gasteiger partial charge in [-0.3, -0.25) is 0 Å². The molecule has 2 nitrogen and oxygen atoms in total. The molecule has 0 heterocycles. The second kappa shape index (κ2) is 6.88. The zero-order valence-corrected chi connectivity index (χ0v) is 14.6. The number of aliphatic hydroxyl groups is 1. The van der Waals surface area contributed by atoms with E-state index >= 15 is 0 Å². The van der Waals surface area contributed by atoms with Gasteiger partial charge in [-0.2, -0.15) is 0 Å². The lowest BCUT2D eigenvalue weighted by molar-refractivity contribution is 0.281. The Kier molecular flexibility index (Phi) is 5.45. The van der Waals surface area contributed by atoms with E-state index in [1.165, 1.54) is 0 Å². The zero-order valence-electron chi connectivity index (χ0n) is 9.87. The first kappa shape index (κ1) is 15.0. The van der Waals surface area contributed by atoms with E-state index in [-0.39, 0.29) is 6.61 Å². The Bertz CT molecular complexity index is 544. The van der Waals surface area contributed by atoms with E-state index in [9.17, 15) is 0 Å². The average Bonchev–Trinajstić information content (AvgIpc) is 2.38. The number of hydrogen-bond acceptors (Lipinski definition) is 2. The van der Waals surface area contributed by atoms with Gasteiger partial charge < -0.3 is 9.84 Å². The second-order valence-corrected chi connectivity index (χ2v) is 6.59. The van der Waals surface area contributed by atoms with Gasteiger partial charge in [0.1, 0.15) is 12.4 Å². The van der Waals surface area contributed by atoms with Crippen molar-refractivity contribution in [3.05, 3.63) is 60.9 Å². The lowest BCUT2D eigenvalue weighted by Crippen LogP contribution is -1.97. The van der Waals surface area contributed by atoms with Crippen LogP contribution in [0, 0.1) is 0 Å². The number of rotatable bonds is 4. The van der Waals surface area contributed by atoms with Crippen molar-refractivity contribution in [3.63, 3.8) is 0 Å². The molecule has 0 amide bonds. The Morgan fingerprint density at radius 1 is 0.895 bits per heavy atom. The van der Waals surface area contributed by atoms with Crippen molar-refractivity contribution < 1.29 is 9.84 Å². The van der Waals surface area contributed by atoms with Gasteiger partial charge in [0.25, 0.3) is 0 Å². The summed E-state index contributed by atoms with van der Waals surface area (Å²) in [5.74, 6) is 0.773. The van der Waals surface area contributed by atoms with Crippen molar-refractivity contribution in [2.24, 2.45) is 0 Å². The first-order chi connectivity index (χ1) is 9.10. The van der Waals surface area contributed by atoms with Gasteiger partial charge in [0, 0.05) is 4.47 Å². The largest absolute Gasteiger partial charge is 0.487 e. The van der Waals surface area contributed by atoms with Crippen molar-refractivity contribution in [1.29, 1.82) is 0 Å². The quantitative estimate of drug-likeness (QED) is 0.706. The molecular formula is C14H11Br3O2. The molecule has 0 saturated carbocycles. The summed E-state index contributed by atoms with van der Waals surface area (Å²) in [6.07, 6.45) is 0. The summed E-state index contributed by atoms with van der Waals surface area (Å²) in [7, 11) is 0. The maximum atomic E-state index is 8.99. The predicted molar refractivity (Wildman–Crippen MR) is 86.2 cm³/mol. The van der Waals surface area contributed by atoms with Crippen molar-refractivity contribution >= 4 is 47.8 Å². The van der Waals surface area contributed by atoms with Crippen LogP contribution < -0.4 is 4.74 Å². The third-order valence-electron chi connectivity index (χ3n) is 2.55. The molecule has 5 heteroatoms. The zero-order chi connectivity index (χ0) is 13.8. The first-order valence-electron chi connectivity index (χ1n) is 5.56. The lowest BCUT2D eigenvalue weighted by Gasteiger charge is -2.11. The van der Waals surface area contributed by atoms with Gasteiger partial charge in [-0.05, 0) is 55.1 Å². The highest BCUT2D eigenvalue weighted by Crippen LogP contribution is 2.36. The Morgan fingerprint density at radius 2 is 1.42 bits per heavy atom. The van der Waals surface area contributed by atoms with Crippen LogP contribution in [-0.4, -0.2) is 5.11 Å². The minimum atomic E-state index is 0.0605. The summed E-state index contributed by atoms with van der Waals surface area (Å²) in [5, 5.41) is 8.99. The monoisotopic (exact) mass is 448 g/mol. The minimum Gasteiger partial charge on any atom is -0.487 e. The summed E-state index contributed by atoms with van der Waals surface area (Å²) in [4.78, 5) is 0. The SMILES string of the molecule is OCc1ccc(COc2c(Br)cc(Br)cc2Br)cc1. The number of aliphatic hydroxyl groups excluding tert-OH is 1. The van der Waals surface area contributed by atoms with Gasteiger partial charge in [-0.25, -0.2) is 0 Å². The van der Waals surface area contributed by atoms with Crippen LogP contribution in [-0.2, 0) is 13.2 Å². The van der Waals surface area contributed by atoms with Gasteiger partial charge >= 0.3 is 0 Å². The fraction of sp³-hybridized carbons (Fsp3) is 0.143. The molecule has 0 aromatic heterocycles. The average molecular weight is 451 g/mol. The van der Waals surface area contributed by atoms with E-state index < -0.39 is 0 Å². The van der Waals surface area contributed by atoms with Crippen LogP contribution in [0.5, 0.6) is 5.75 Å². The van der Waals surface area contributed by atoms with Gasteiger partial charge in [0.2, 0.25) is 0 Å². The topological polar surface area (TPSA) is 29.5 Å². The Hall–Kier alpha value is -0.360. The van der Waals surface area contributed by atoms with E-state index in [0.717, 1.165) is 30.3 Å². The Balaban J connectivity index is 2.10. The molecule has 0 unspecified atom stereocenters. The third-order valence-corrected chi connectivity index (χ3v) is 4.19. The number of ether oxygens (including phenoxy) is 1. The Morgan fingerprint density at radius 3 is 1.95 bits per heavy atom. The smallest absolute Gasteiger partial charge is 0.148 e. The molecular weight excluding hydrogens is 440 g/mol. The van der Waals surface area contributed by atoms with E-state index in [1.54, 1.807) is 0 Å². The van der Waals surface area contributed by atoms with Crippen LogP contribution in [0.3, 0.4) is 0 Å². The molecule has 0 aliphatic rings. The molecule has 0 bridgehead atoms. The Labute approximate surface area is 137 Å². The molecule has 0 aliphatic carbocycles. The molecule has 2 rings (SSSR count). The lowest BCUT2D eigenvalue weighted by atomic mass is 10.1. The molecule has 2 aromatic carbocycles. The van der Waals surface area contributed by atoms with E-state index in [0.29, 0.717) is 6.61 Å². The predicted octanol–water partition coefficient (Wildman–Crippen LogP) is 5.05. The molecule has 19 heavy (non-hydrogen) atoms. The van der Waals surface area contributed by atoms with Crippen molar-refractivity contribution in [1.82, 2.24) is 0 Å². The van der Waals surface area contributed by atoms with Gasteiger partial charge in [-0.15, -0.1) is 0 Å². The molecule has 0 radical (unpaired) electrons. The van der Waals surface area contributed by atoms with Crippen LogP contribution in [0.2, 0.25) is 0 Å². The highest BCUT2D eigenvalue weighted by atomic mass is 79.9. The molecule has 0 atom stereocenters. The minimum absolute atomic E-state index is 0.0605. The van der Waals surface area contributed by atoms with E-state index in [2.05, 4.69) is 47.8 Å². The maximum absolute atomic E-state index is 8.99. The number of halogens is 3.